The highest BCUT2D eigenvalue weighted by molar-refractivity contribution is 9.10. The van der Waals surface area contributed by atoms with Crippen molar-refractivity contribution < 1.29 is 10.0 Å². The Morgan fingerprint density at radius 2 is 2.00 bits per heavy atom. The molecule has 3 N–H and O–H groups in total. The second-order valence-corrected chi connectivity index (χ2v) is 5.90. The topological polar surface area (TPSA) is 73.7 Å². The first-order valence-electron chi connectivity index (χ1n) is 6.63. The molecule has 22 heavy (non-hydrogen) atoms. The van der Waals surface area contributed by atoms with Crippen molar-refractivity contribution in [2.75, 3.05) is 5.32 Å². The fourth-order valence-corrected chi connectivity index (χ4v) is 3.12. The number of benzene rings is 2. The van der Waals surface area contributed by atoms with Gasteiger partial charge in [-0.3, -0.25) is 15.5 Å². The van der Waals surface area contributed by atoms with Crippen molar-refractivity contribution in [1.82, 2.24) is 5.48 Å². The summed E-state index contributed by atoms with van der Waals surface area (Å²) >= 11 is 3.39. The van der Waals surface area contributed by atoms with Crippen LogP contribution in [0.2, 0.25) is 0 Å². The van der Waals surface area contributed by atoms with Gasteiger partial charge in [0.05, 0.1) is 22.3 Å². The van der Waals surface area contributed by atoms with Gasteiger partial charge in [0.15, 0.2) is 0 Å². The zero-order chi connectivity index (χ0) is 15.3. The number of nitrogens with one attached hydrogen (secondary N) is 2. The summed E-state index contributed by atoms with van der Waals surface area (Å²) in [6.45, 7) is 0. The van der Waals surface area contributed by atoms with E-state index in [1.165, 1.54) is 0 Å². The molecule has 0 unspecified atom stereocenters. The van der Waals surface area contributed by atoms with E-state index in [2.05, 4.69) is 31.7 Å². The van der Waals surface area contributed by atoms with Crippen LogP contribution in [0.25, 0.3) is 11.3 Å². The minimum absolute atomic E-state index is 0.229. The number of fused-ring (bicyclic) bond motifs is 2. The number of anilines is 1. The number of para-hydroxylation sites is 1. The summed E-state index contributed by atoms with van der Waals surface area (Å²) in [5.41, 5.74) is 5.03. The first kappa shape index (κ1) is 13.2. The number of hydrogen-bond acceptors (Lipinski definition) is 4. The normalized spacial score (nSPS) is 18.6. The molecule has 0 bridgehead atoms. The van der Waals surface area contributed by atoms with E-state index >= 15 is 0 Å². The number of hydrogen-bond donors (Lipinski definition) is 3. The van der Waals surface area contributed by atoms with E-state index in [1.807, 2.05) is 42.5 Å². The Kier molecular flexibility index (Phi) is 2.88. The van der Waals surface area contributed by atoms with Crippen LogP contribution in [0.1, 0.15) is 5.56 Å². The number of halogens is 1. The number of nitrogens with zero attached hydrogens (tertiary/aromatic N) is 1. The molecule has 2 aliphatic rings. The number of hydroxylamine groups is 1. The molecule has 2 aromatic rings. The molecule has 0 saturated carbocycles. The molecule has 0 fully saturated rings. The third-order valence-corrected chi connectivity index (χ3v) is 4.21. The standard InChI is InChI=1S/C16H10BrN3O2/c17-8-5-6-9-12(7-8)19-16(21)13(9)15-14(20-22)10-3-1-2-4-11(10)18-15/h1-7,20,22H,(H,19,21)/b15-13-. The van der Waals surface area contributed by atoms with Gasteiger partial charge in [0, 0.05) is 15.3 Å². The van der Waals surface area contributed by atoms with Crippen molar-refractivity contribution in [3.8, 4) is 0 Å². The maximum atomic E-state index is 12.4. The molecule has 0 aliphatic carbocycles. The lowest BCUT2D eigenvalue weighted by Gasteiger charge is -2.05. The van der Waals surface area contributed by atoms with Crippen LogP contribution >= 0.6 is 15.9 Å². The van der Waals surface area contributed by atoms with Crippen molar-refractivity contribution in [3.05, 3.63) is 68.8 Å². The lowest BCUT2D eigenvalue weighted by molar-refractivity contribution is -0.110. The number of carbonyl (C=O) groups is 1. The number of carbonyl (C=O) groups excluding carboxylic acids is 1. The summed E-state index contributed by atoms with van der Waals surface area (Å²) in [4.78, 5) is 16.9. The summed E-state index contributed by atoms with van der Waals surface area (Å²) in [6, 6.07) is 13.0. The Hall–Kier alpha value is -2.44. The van der Waals surface area contributed by atoms with Crippen LogP contribution < -0.4 is 21.4 Å². The molecule has 2 aromatic carbocycles. The minimum Gasteiger partial charge on any atom is -0.321 e. The summed E-state index contributed by atoms with van der Waals surface area (Å²) < 4.78 is 0.883. The van der Waals surface area contributed by atoms with Crippen LogP contribution in [0, 0.1) is 0 Å². The molecule has 2 aliphatic heterocycles. The lowest BCUT2D eigenvalue weighted by Crippen LogP contribution is -2.26. The van der Waals surface area contributed by atoms with Gasteiger partial charge >= 0.3 is 0 Å². The highest BCUT2D eigenvalue weighted by Crippen LogP contribution is 2.37. The van der Waals surface area contributed by atoms with E-state index < -0.39 is 0 Å². The number of amides is 1. The summed E-state index contributed by atoms with van der Waals surface area (Å²) in [6.07, 6.45) is 0. The summed E-state index contributed by atoms with van der Waals surface area (Å²) in [5.74, 6) is -0.229. The molecule has 0 spiro atoms. The Bertz CT molecular complexity index is 979. The van der Waals surface area contributed by atoms with Crippen molar-refractivity contribution >= 4 is 38.8 Å². The van der Waals surface area contributed by atoms with Gasteiger partial charge in [-0.05, 0) is 18.2 Å². The van der Waals surface area contributed by atoms with E-state index in [-0.39, 0.29) is 5.91 Å². The molecule has 0 radical (unpaired) electrons. The van der Waals surface area contributed by atoms with Gasteiger partial charge in [0.25, 0.3) is 5.91 Å². The van der Waals surface area contributed by atoms with E-state index in [4.69, 9.17) is 0 Å². The van der Waals surface area contributed by atoms with Gasteiger partial charge in [-0.15, -0.1) is 0 Å². The fourth-order valence-electron chi connectivity index (χ4n) is 2.76. The molecular weight excluding hydrogens is 346 g/mol. The van der Waals surface area contributed by atoms with Crippen LogP contribution in [0.3, 0.4) is 0 Å². The summed E-state index contributed by atoms with van der Waals surface area (Å²) in [7, 11) is 0. The SMILES string of the molecule is O=C1Nc2cc(Br)ccc2/C1=C1/N=c2ccccc2=C1NO. The fraction of sp³-hybridized carbons (Fsp3) is 0. The Morgan fingerprint density at radius 3 is 2.82 bits per heavy atom. The molecule has 4 rings (SSSR count). The molecular formula is C16H10BrN3O2. The van der Waals surface area contributed by atoms with Crippen LogP contribution in [-0.2, 0) is 4.79 Å². The molecule has 0 saturated heterocycles. The van der Waals surface area contributed by atoms with Crippen LogP contribution in [0.5, 0.6) is 0 Å². The highest BCUT2D eigenvalue weighted by Gasteiger charge is 2.30. The van der Waals surface area contributed by atoms with Crippen LogP contribution in [0.15, 0.2) is 57.6 Å². The maximum absolute atomic E-state index is 12.4. The predicted octanol–water partition coefficient (Wildman–Crippen LogP) is 1.53. The second-order valence-electron chi connectivity index (χ2n) is 4.98. The summed E-state index contributed by atoms with van der Waals surface area (Å²) in [5, 5.41) is 13.8. The van der Waals surface area contributed by atoms with Gasteiger partial charge in [-0.1, -0.05) is 40.2 Å². The van der Waals surface area contributed by atoms with Gasteiger partial charge in [-0.25, -0.2) is 4.99 Å². The van der Waals surface area contributed by atoms with Gasteiger partial charge in [-0.2, -0.15) is 0 Å². The molecule has 5 nitrogen and oxygen atoms in total. The highest BCUT2D eigenvalue weighted by atomic mass is 79.9. The van der Waals surface area contributed by atoms with Gasteiger partial charge in [0.2, 0.25) is 0 Å². The molecule has 6 heteroatoms. The maximum Gasteiger partial charge on any atom is 0.258 e. The smallest absolute Gasteiger partial charge is 0.258 e. The first-order chi connectivity index (χ1) is 10.7. The van der Waals surface area contributed by atoms with Crippen LogP contribution in [0.4, 0.5) is 5.69 Å². The molecule has 108 valence electrons. The zero-order valence-corrected chi connectivity index (χ0v) is 12.8. The van der Waals surface area contributed by atoms with Gasteiger partial charge in [0.1, 0.15) is 5.70 Å². The lowest BCUT2D eigenvalue weighted by atomic mass is 10.0. The van der Waals surface area contributed by atoms with E-state index in [0.29, 0.717) is 17.0 Å². The van der Waals surface area contributed by atoms with Crippen molar-refractivity contribution in [2.24, 2.45) is 4.99 Å². The van der Waals surface area contributed by atoms with E-state index in [0.717, 1.165) is 26.3 Å². The Morgan fingerprint density at radius 1 is 1.18 bits per heavy atom. The van der Waals surface area contributed by atoms with Crippen molar-refractivity contribution in [2.45, 2.75) is 0 Å². The molecule has 1 amide bonds. The van der Waals surface area contributed by atoms with Crippen molar-refractivity contribution in [3.63, 3.8) is 0 Å². The average Bonchev–Trinajstić information content (AvgIpc) is 3.02. The largest absolute Gasteiger partial charge is 0.321 e. The second kappa shape index (κ2) is 4.79. The zero-order valence-electron chi connectivity index (χ0n) is 11.2. The van der Waals surface area contributed by atoms with Crippen LogP contribution in [-0.4, -0.2) is 11.1 Å². The molecule has 0 atom stereocenters. The van der Waals surface area contributed by atoms with Crippen molar-refractivity contribution in [1.29, 1.82) is 0 Å². The molecule has 2 heterocycles. The number of rotatable bonds is 1. The average molecular weight is 356 g/mol. The van der Waals surface area contributed by atoms with Gasteiger partial charge < -0.3 is 5.32 Å². The monoisotopic (exact) mass is 355 g/mol. The third-order valence-electron chi connectivity index (χ3n) is 3.72. The minimum atomic E-state index is -0.229. The van der Waals surface area contributed by atoms with E-state index in [9.17, 15) is 10.0 Å². The Labute approximate surface area is 133 Å². The predicted molar refractivity (Wildman–Crippen MR) is 85.2 cm³/mol. The first-order valence-corrected chi connectivity index (χ1v) is 7.42. The quantitative estimate of drug-likeness (QED) is 0.536. The van der Waals surface area contributed by atoms with E-state index in [1.54, 1.807) is 0 Å². The Balaban J connectivity index is 2.05. The molecule has 0 aromatic heterocycles. The third kappa shape index (κ3) is 1.81.